The second kappa shape index (κ2) is 6.85. The van der Waals surface area contributed by atoms with Gasteiger partial charge in [0, 0.05) is 10.5 Å². The molecule has 7 heteroatoms. The zero-order valence-corrected chi connectivity index (χ0v) is 12.4. The van der Waals surface area contributed by atoms with Crippen molar-refractivity contribution in [2.45, 2.75) is 0 Å². The molecule has 0 aromatic heterocycles. The molecule has 1 amide bonds. The number of para-hydroxylation sites is 1. The fraction of sp³-hybridized carbons (Fsp3) is 0.0714. The highest BCUT2D eigenvalue weighted by Crippen LogP contribution is 2.21. The monoisotopic (exact) mass is 350 g/mol. The number of ether oxygens (including phenoxy) is 1. The summed E-state index contributed by atoms with van der Waals surface area (Å²) in [5.41, 5.74) is 0.545. The number of non-ortho nitro benzene ring substituents is 1. The van der Waals surface area contributed by atoms with Crippen LogP contribution >= 0.6 is 15.9 Å². The molecular formula is C14H11BrN2O4. The molecule has 2 rings (SSSR count). The average molecular weight is 351 g/mol. The smallest absolute Gasteiger partial charge is 0.273 e. The Labute approximate surface area is 129 Å². The molecule has 0 bridgehead atoms. The van der Waals surface area contributed by atoms with E-state index in [-0.39, 0.29) is 24.0 Å². The minimum atomic E-state index is -0.520. The van der Waals surface area contributed by atoms with E-state index in [0.29, 0.717) is 5.69 Å². The van der Waals surface area contributed by atoms with Gasteiger partial charge in [0.25, 0.3) is 11.6 Å². The number of hydrogen-bond donors (Lipinski definition) is 1. The molecular weight excluding hydrogens is 340 g/mol. The molecule has 0 unspecified atom stereocenters. The highest BCUT2D eigenvalue weighted by molar-refractivity contribution is 9.10. The topological polar surface area (TPSA) is 81.5 Å². The van der Waals surface area contributed by atoms with Crippen molar-refractivity contribution in [2.24, 2.45) is 0 Å². The van der Waals surface area contributed by atoms with E-state index in [4.69, 9.17) is 4.74 Å². The van der Waals surface area contributed by atoms with Gasteiger partial charge in [-0.1, -0.05) is 18.2 Å². The Bertz CT molecular complexity index is 676. The Morgan fingerprint density at radius 3 is 2.71 bits per heavy atom. The molecule has 21 heavy (non-hydrogen) atoms. The normalized spacial score (nSPS) is 9.95. The first-order valence-electron chi connectivity index (χ1n) is 5.98. The molecule has 2 aromatic rings. The van der Waals surface area contributed by atoms with Crippen molar-refractivity contribution in [3.05, 3.63) is 63.1 Å². The molecule has 6 nitrogen and oxygen atoms in total. The van der Waals surface area contributed by atoms with Gasteiger partial charge in [0.15, 0.2) is 6.61 Å². The van der Waals surface area contributed by atoms with Crippen molar-refractivity contribution in [2.75, 3.05) is 11.9 Å². The maximum absolute atomic E-state index is 11.8. The van der Waals surface area contributed by atoms with Gasteiger partial charge in [0.2, 0.25) is 0 Å². The fourth-order valence-electron chi connectivity index (χ4n) is 1.58. The van der Waals surface area contributed by atoms with Gasteiger partial charge in [-0.25, -0.2) is 0 Å². The number of benzene rings is 2. The third-order valence-corrected chi connectivity index (χ3v) is 3.24. The van der Waals surface area contributed by atoms with Crippen molar-refractivity contribution >= 4 is 33.2 Å². The number of rotatable bonds is 5. The molecule has 108 valence electrons. The number of nitro groups is 1. The first-order chi connectivity index (χ1) is 10.1. The highest BCUT2D eigenvalue weighted by atomic mass is 79.9. The molecule has 0 fully saturated rings. The number of nitrogens with one attached hydrogen (secondary N) is 1. The van der Waals surface area contributed by atoms with E-state index in [1.807, 2.05) is 6.07 Å². The van der Waals surface area contributed by atoms with E-state index in [2.05, 4.69) is 21.2 Å². The third-order valence-electron chi connectivity index (χ3n) is 2.55. The Balaban J connectivity index is 1.94. The average Bonchev–Trinajstić information content (AvgIpc) is 2.48. The highest BCUT2D eigenvalue weighted by Gasteiger charge is 2.09. The number of carbonyl (C=O) groups excluding carboxylic acids is 1. The van der Waals surface area contributed by atoms with Gasteiger partial charge >= 0.3 is 0 Å². The van der Waals surface area contributed by atoms with E-state index in [1.54, 1.807) is 24.3 Å². The van der Waals surface area contributed by atoms with Crippen molar-refractivity contribution in [3.8, 4) is 5.75 Å². The summed E-state index contributed by atoms with van der Waals surface area (Å²) in [4.78, 5) is 21.9. The largest absolute Gasteiger partial charge is 0.484 e. The first-order valence-corrected chi connectivity index (χ1v) is 6.77. The molecule has 0 aliphatic rings. The second-order valence-electron chi connectivity index (χ2n) is 4.07. The van der Waals surface area contributed by atoms with E-state index >= 15 is 0 Å². The summed E-state index contributed by atoms with van der Waals surface area (Å²) in [6.45, 7) is -0.234. The van der Waals surface area contributed by atoms with Crippen molar-refractivity contribution in [3.63, 3.8) is 0 Å². The van der Waals surface area contributed by atoms with Crippen LogP contribution in [0.1, 0.15) is 0 Å². The maximum atomic E-state index is 11.8. The Kier molecular flexibility index (Phi) is 4.89. The molecule has 0 spiro atoms. The number of amides is 1. The van der Waals surface area contributed by atoms with Crippen molar-refractivity contribution < 1.29 is 14.5 Å². The van der Waals surface area contributed by atoms with E-state index in [9.17, 15) is 14.9 Å². The minimum absolute atomic E-state index is 0.0845. The molecule has 0 radical (unpaired) electrons. The van der Waals surface area contributed by atoms with Crippen LogP contribution in [0.5, 0.6) is 5.75 Å². The zero-order valence-electron chi connectivity index (χ0n) is 10.8. The zero-order chi connectivity index (χ0) is 15.2. The molecule has 0 saturated carbocycles. The van der Waals surface area contributed by atoms with Crippen LogP contribution in [0.25, 0.3) is 0 Å². The van der Waals surface area contributed by atoms with Gasteiger partial charge in [-0.3, -0.25) is 14.9 Å². The van der Waals surface area contributed by atoms with Gasteiger partial charge in [0.1, 0.15) is 5.75 Å². The van der Waals surface area contributed by atoms with Gasteiger partial charge in [0.05, 0.1) is 16.7 Å². The maximum Gasteiger partial charge on any atom is 0.273 e. The number of carbonyl (C=O) groups is 1. The van der Waals surface area contributed by atoms with Gasteiger partial charge in [-0.2, -0.15) is 0 Å². The van der Waals surface area contributed by atoms with Crippen LogP contribution in [0.15, 0.2) is 53.0 Å². The van der Waals surface area contributed by atoms with Crippen molar-refractivity contribution in [1.29, 1.82) is 0 Å². The van der Waals surface area contributed by atoms with Crippen LogP contribution < -0.4 is 10.1 Å². The summed E-state index contributed by atoms with van der Waals surface area (Å²) in [6, 6.07) is 12.9. The number of nitrogens with zero attached hydrogens (tertiary/aromatic N) is 1. The molecule has 0 heterocycles. The lowest BCUT2D eigenvalue weighted by Gasteiger charge is -2.08. The number of hydrogen-bond acceptors (Lipinski definition) is 4. The number of anilines is 1. The lowest BCUT2D eigenvalue weighted by molar-refractivity contribution is -0.384. The van der Waals surface area contributed by atoms with Gasteiger partial charge in [-0.15, -0.1) is 0 Å². The predicted molar refractivity (Wildman–Crippen MR) is 81.4 cm³/mol. The Morgan fingerprint density at radius 1 is 1.24 bits per heavy atom. The minimum Gasteiger partial charge on any atom is -0.484 e. The second-order valence-corrected chi connectivity index (χ2v) is 4.93. The molecule has 0 saturated heterocycles. The SMILES string of the molecule is O=C(COc1cccc([N+](=O)[O-])c1)Nc1ccccc1Br. The lowest BCUT2D eigenvalue weighted by atomic mass is 10.3. The molecule has 1 N–H and O–H groups in total. The predicted octanol–water partition coefficient (Wildman–Crippen LogP) is 3.37. The summed E-state index contributed by atoms with van der Waals surface area (Å²) in [5.74, 6) is -0.0834. The lowest BCUT2D eigenvalue weighted by Crippen LogP contribution is -2.20. The van der Waals surface area contributed by atoms with E-state index in [1.165, 1.54) is 18.2 Å². The summed E-state index contributed by atoms with van der Waals surface area (Å²) < 4.78 is 6.00. The molecule has 0 atom stereocenters. The quantitative estimate of drug-likeness (QED) is 0.661. The van der Waals surface area contributed by atoms with Crippen LogP contribution in [-0.4, -0.2) is 17.4 Å². The fourth-order valence-corrected chi connectivity index (χ4v) is 1.97. The summed E-state index contributed by atoms with van der Waals surface area (Å²) in [7, 11) is 0. The van der Waals surface area contributed by atoms with Gasteiger partial charge < -0.3 is 10.1 Å². The first kappa shape index (κ1) is 15.0. The molecule has 2 aromatic carbocycles. The summed E-state index contributed by atoms with van der Waals surface area (Å²) >= 11 is 3.32. The Hall–Kier alpha value is -2.41. The van der Waals surface area contributed by atoms with E-state index in [0.717, 1.165) is 4.47 Å². The number of nitro benzene ring substituents is 1. The molecule has 0 aliphatic carbocycles. The van der Waals surface area contributed by atoms with Gasteiger partial charge in [-0.05, 0) is 34.1 Å². The number of halogens is 1. The van der Waals surface area contributed by atoms with Crippen LogP contribution in [0.2, 0.25) is 0 Å². The summed E-state index contributed by atoms with van der Waals surface area (Å²) in [6.07, 6.45) is 0. The summed E-state index contributed by atoms with van der Waals surface area (Å²) in [5, 5.41) is 13.3. The van der Waals surface area contributed by atoms with Crippen LogP contribution in [0, 0.1) is 10.1 Å². The standard InChI is InChI=1S/C14H11BrN2O4/c15-12-6-1-2-7-13(12)16-14(18)9-21-11-5-3-4-10(8-11)17(19)20/h1-8H,9H2,(H,16,18). The van der Waals surface area contributed by atoms with Crippen LogP contribution in [0.3, 0.4) is 0 Å². The van der Waals surface area contributed by atoms with E-state index < -0.39 is 4.92 Å². The van der Waals surface area contributed by atoms with Crippen LogP contribution in [-0.2, 0) is 4.79 Å². The van der Waals surface area contributed by atoms with Crippen LogP contribution in [0.4, 0.5) is 11.4 Å². The van der Waals surface area contributed by atoms with Crippen molar-refractivity contribution in [1.82, 2.24) is 0 Å². The Morgan fingerprint density at radius 2 is 2.00 bits per heavy atom. The molecule has 0 aliphatic heterocycles. The third kappa shape index (κ3) is 4.28.